The smallest absolute Gasteiger partial charge is 0.286 e. The molecule has 0 unspecified atom stereocenters. The van der Waals surface area contributed by atoms with Gasteiger partial charge in [0.05, 0.1) is 18.6 Å². The number of phenolic OH excluding ortho intramolecular Hbond substituents is 1. The van der Waals surface area contributed by atoms with Gasteiger partial charge in [-0.25, -0.2) is 0 Å². The zero-order valence-corrected chi connectivity index (χ0v) is 14.8. The number of piperazine rings is 1. The number of aromatic hydroxyl groups is 1. The van der Waals surface area contributed by atoms with Gasteiger partial charge in [-0.05, 0) is 35.5 Å². The maximum absolute atomic E-state index is 12.2. The molecule has 1 saturated heterocycles. The quantitative estimate of drug-likeness (QED) is 0.771. The van der Waals surface area contributed by atoms with E-state index in [9.17, 15) is 9.90 Å². The highest BCUT2D eigenvalue weighted by molar-refractivity contribution is 8.18. The Morgan fingerprint density at radius 3 is 2.76 bits per heavy atom. The molecule has 0 atom stereocenters. The van der Waals surface area contributed by atoms with E-state index in [2.05, 4.69) is 14.8 Å². The summed E-state index contributed by atoms with van der Waals surface area (Å²) in [6.07, 6.45) is 1.76. The molecule has 0 spiro atoms. The summed E-state index contributed by atoms with van der Waals surface area (Å²) in [6, 6.07) is 4.95. The molecule has 0 saturated carbocycles. The Bertz CT molecular complexity index is 712. The van der Waals surface area contributed by atoms with Crippen molar-refractivity contribution >= 4 is 28.9 Å². The molecule has 2 aliphatic heterocycles. The number of amides is 1. The second kappa shape index (κ2) is 7.90. The second-order valence-corrected chi connectivity index (χ2v) is 6.80. The molecule has 0 bridgehead atoms. The minimum Gasteiger partial charge on any atom is -0.504 e. The summed E-state index contributed by atoms with van der Waals surface area (Å²) in [5.41, 5.74) is 0.773. The van der Waals surface area contributed by atoms with Crippen molar-refractivity contribution in [3.8, 4) is 11.5 Å². The van der Waals surface area contributed by atoms with Crippen molar-refractivity contribution in [3.05, 3.63) is 28.7 Å². The van der Waals surface area contributed by atoms with E-state index in [1.54, 1.807) is 18.2 Å². The fourth-order valence-corrected chi connectivity index (χ4v) is 3.74. The number of carbonyl (C=O) groups is 1. The van der Waals surface area contributed by atoms with Gasteiger partial charge < -0.3 is 19.8 Å². The van der Waals surface area contributed by atoms with Crippen LogP contribution >= 0.6 is 11.8 Å². The number of ether oxygens (including phenoxy) is 1. The second-order valence-electron chi connectivity index (χ2n) is 5.79. The molecule has 1 fully saturated rings. The number of nitrogens with zero attached hydrogens (tertiary/aromatic N) is 3. The first-order valence-electron chi connectivity index (χ1n) is 8.08. The Morgan fingerprint density at radius 1 is 1.32 bits per heavy atom. The first kappa shape index (κ1) is 17.8. The molecule has 0 radical (unpaired) electrons. The summed E-state index contributed by atoms with van der Waals surface area (Å²) in [4.78, 5) is 21.2. The summed E-state index contributed by atoms with van der Waals surface area (Å²) in [7, 11) is 1.49. The summed E-state index contributed by atoms with van der Waals surface area (Å²) in [5, 5.41) is 19.4. The highest BCUT2D eigenvalue weighted by atomic mass is 32.2. The van der Waals surface area contributed by atoms with E-state index in [1.807, 2.05) is 0 Å². The van der Waals surface area contributed by atoms with Gasteiger partial charge in [0.25, 0.3) is 5.91 Å². The van der Waals surface area contributed by atoms with Crippen molar-refractivity contribution in [2.45, 2.75) is 0 Å². The number of amidine groups is 1. The lowest BCUT2D eigenvalue weighted by Crippen LogP contribution is -2.48. The summed E-state index contributed by atoms with van der Waals surface area (Å²) < 4.78 is 5.09. The van der Waals surface area contributed by atoms with E-state index in [0.29, 0.717) is 17.2 Å². The SMILES string of the molecule is COc1cc(/C=C2/SC(N3CCN(CCO)CC3)=NC2=O)ccc1O. The molecule has 7 nitrogen and oxygen atoms in total. The van der Waals surface area contributed by atoms with Gasteiger partial charge in [0.15, 0.2) is 16.7 Å². The van der Waals surface area contributed by atoms with Crippen molar-refractivity contribution in [1.29, 1.82) is 0 Å². The van der Waals surface area contributed by atoms with Crippen LogP contribution in [0.2, 0.25) is 0 Å². The number of hydrogen-bond acceptors (Lipinski definition) is 7. The first-order valence-corrected chi connectivity index (χ1v) is 8.90. The molecule has 1 amide bonds. The van der Waals surface area contributed by atoms with E-state index < -0.39 is 0 Å². The summed E-state index contributed by atoms with van der Waals surface area (Å²) in [6.45, 7) is 4.13. The van der Waals surface area contributed by atoms with Crippen LogP contribution in [-0.2, 0) is 4.79 Å². The normalized spacial score (nSPS) is 20.2. The highest BCUT2D eigenvalue weighted by Gasteiger charge is 2.28. The molecule has 3 rings (SSSR count). The number of benzene rings is 1. The van der Waals surface area contributed by atoms with E-state index in [1.165, 1.54) is 24.9 Å². The lowest BCUT2D eigenvalue weighted by atomic mass is 10.2. The van der Waals surface area contributed by atoms with Gasteiger partial charge in [-0.15, -0.1) is 0 Å². The predicted molar refractivity (Wildman–Crippen MR) is 97.8 cm³/mol. The molecule has 0 aliphatic carbocycles. The standard InChI is InChI=1S/C17H21N3O4S/c1-24-14-10-12(2-3-13(14)22)11-15-16(23)18-17(25-15)20-6-4-19(5-7-20)8-9-21/h2-3,10-11,21-22H,4-9H2,1H3/b15-11+. The average molecular weight is 363 g/mol. The molecule has 2 N–H and O–H groups in total. The summed E-state index contributed by atoms with van der Waals surface area (Å²) >= 11 is 1.37. The van der Waals surface area contributed by atoms with Crippen LogP contribution in [0.1, 0.15) is 5.56 Å². The lowest BCUT2D eigenvalue weighted by Gasteiger charge is -2.34. The maximum atomic E-state index is 12.2. The van der Waals surface area contributed by atoms with E-state index in [-0.39, 0.29) is 18.3 Å². The van der Waals surface area contributed by atoms with Crippen molar-refractivity contribution in [1.82, 2.24) is 9.80 Å². The van der Waals surface area contributed by atoms with Crippen LogP contribution in [0.4, 0.5) is 0 Å². The molecule has 8 heteroatoms. The highest BCUT2D eigenvalue weighted by Crippen LogP contribution is 2.33. The van der Waals surface area contributed by atoms with Gasteiger partial charge >= 0.3 is 0 Å². The lowest BCUT2D eigenvalue weighted by molar-refractivity contribution is -0.113. The number of phenols is 1. The number of aliphatic hydroxyl groups is 1. The molecule has 1 aromatic carbocycles. The molecular weight excluding hydrogens is 342 g/mol. The van der Waals surface area contributed by atoms with Crippen LogP contribution in [-0.4, -0.2) is 77.5 Å². The topological polar surface area (TPSA) is 85.6 Å². The van der Waals surface area contributed by atoms with Crippen LogP contribution in [0, 0.1) is 0 Å². The number of aliphatic imine (C=N–C) groups is 1. The van der Waals surface area contributed by atoms with Crippen LogP contribution in [0.15, 0.2) is 28.1 Å². The number of thioether (sulfide) groups is 1. The summed E-state index contributed by atoms with van der Waals surface area (Å²) in [5.74, 6) is 0.184. The van der Waals surface area contributed by atoms with Crippen molar-refractivity contribution in [3.63, 3.8) is 0 Å². The van der Waals surface area contributed by atoms with E-state index in [0.717, 1.165) is 36.9 Å². The first-order chi connectivity index (χ1) is 12.1. The van der Waals surface area contributed by atoms with Crippen molar-refractivity contribution in [2.24, 2.45) is 4.99 Å². The maximum Gasteiger partial charge on any atom is 0.286 e. The molecule has 0 aromatic heterocycles. The molecular formula is C17H21N3O4S. The Hall–Kier alpha value is -2.03. The number of hydrogen-bond donors (Lipinski definition) is 2. The van der Waals surface area contributed by atoms with Crippen molar-refractivity contribution < 1.29 is 19.7 Å². The average Bonchev–Trinajstić information content (AvgIpc) is 2.98. The zero-order valence-electron chi connectivity index (χ0n) is 14.0. The van der Waals surface area contributed by atoms with Crippen LogP contribution < -0.4 is 4.74 Å². The molecule has 134 valence electrons. The Balaban J connectivity index is 1.67. The number of carbonyl (C=O) groups excluding carboxylic acids is 1. The van der Waals surface area contributed by atoms with Gasteiger partial charge in [0.1, 0.15) is 0 Å². The largest absolute Gasteiger partial charge is 0.504 e. The van der Waals surface area contributed by atoms with Crippen molar-refractivity contribution in [2.75, 3.05) is 46.4 Å². The number of β-amino-alcohol motifs (C(OH)–C–C–N with tert-alkyl or cyclic N) is 1. The third-order valence-corrected chi connectivity index (χ3v) is 5.21. The molecule has 1 aromatic rings. The van der Waals surface area contributed by atoms with Gasteiger partial charge in [-0.1, -0.05) is 6.07 Å². The molecule has 2 aliphatic rings. The Kier molecular flexibility index (Phi) is 5.62. The Labute approximate surface area is 150 Å². The fourth-order valence-electron chi connectivity index (χ4n) is 2.77. The third-order valence-electron chi connectivity index (χ3n) is 4.17. The van der Waals surface area contributed by atoms with E-state index in [4.69, 9.17) is 9.84 Å². The Morgan fingerprint density at radius 2 is 2.08 bits per heavy atom. The number of rotatable bonds is 4. The monoisotopic (exact) mass is 363 g/mol. The van der Waals surface area contributed by atoms with Gasteiger partial charge in [-0.3, -0.25) is 9.69 Å². The third kappa shape index (κ3) is 4.15. The van der Waals surface area contributed by atoms with Gasteiger partial charge in [0, 0.05) is 32.7 Å². The molecule has 25 heavy (non-hydrogen) atoms. The zero-order chi connectivity index (χ0) is 17.8. The number of aliphatic hydroxyl groups excluding tert-OH is 1. The van der Waals surface area contributed by atoms with Crippen LogP contribution in [0.25, 0.3) is 6.08 Å². The van der Waals surface area contributed by atoms with Crippen LogP contribution in [0.3, 0.4) is 0 Å². The van der Waals surface area contributed by atoms with Crippen LogP contribution in [0.5, 0.6) is 11.5 Å². The fraction of sp³-hybridized carbons (Fsp3) is 0.412. The minimum absolute atomic E-state index is 0.0627. The van der Waals surface area contributed by atoms with E-state index >= 15 is 0 Å². The van der Waals surface area contributed by atoms with Gasteiger partial charge in [0.2, 0.25) is 0 Å². The molecule has 2 heterocycles. The number of methoxy groups -OCH3 is 1. The predicted octanol–water partition coefficient (Wildman–Crippen LogP) is 0.981. The minimum atomic E-state index is -0.246. The van der Waals surface area contributed by atoms with Gasteiger partial charge in [-0.2, -0.15) is 4.99 Å².